The van der Waals surface area contributed by atoms with Crippen LogP contribution in [0.25, 0.3) is 0 Å². The van der Waals surface area contributed by atoms with Crippen LogP contribution in [-0.4, -0.2) is 68.5 Å². The first-order valence-corrected chi connectivity index (χ1v) is 11.4. The van der Waals surface area contributed by atoms with Crippen LogP contribution >= 0.6 is 0 Å². The lowest BCUT2D eigenvalue weighted by atomic mass is 10.0. The fraction of sp³-hybridized carbons (Fsp3) is 0.500. The van der Waals surface area contributed by atoms with Crippen LogP contribution in [0.2, 0.25) is 0 Å². The first-order chi connectivity index (χ1) is 13.9. The summed E-state index contributed by atoms with van der Waals surface area (Å²) in [5, 5.41) is 7.11. The number of rotatable bonds is 6. The van der Waals surface area contributed by atoms with Gasteiger partial charge in [-0.2, -0.15) is 4.31 Å². The topological polar surface area (TPSA) is 91.0 Å². The van der Waals surface area contributed by atoms with Crippen molar-refractivity contribution in [3.8, 4) is 0 Å². The molecule has 1 aliphatic rings. The minimum atomic E-state index is -3.40. The molecule has 1 aliphatic heterocycles. The Morgan fingerprint density at radius 2 is 1.97 bits per heavy atom. The van der Waals surface area contributed by atoms with Crippen molar-refractivity contribution in [3.63, 3.8) is 0 Å². The molecule has 0 aliphatic carbocycles. The predicted molar refractivity (Wildman–Crippen MR) is 113 cm³/mol. The van der Waals surface area contributed by atoms with Gasteiger partial charge in [0.1, 0.15) is 12.0 Å². The molecule has 1 fully saturated rings. The number of piperazine rings is 1. The van der Waals surface area contributed by atoms with Crippen molar-refractivity contribution < 1.29 is 12.9 Å². The molecule has 0 bridgehead atoms. The number of nitrogens with zero attached hydrogens (tertiary/aromatic N) is 4. The van der Waals surface area contributed by atoms with Crippen LogP contribution < -0.4 is 5.32 Å². The number of benzene rings is 1. The SMILES string of the molecule is CN=C(NCCc1ccc(C)cc1C)N1CCN(S(=O)(=O)Cc2ccon2)CC1. The van der Waals surface area contributed by atoms with Crippen molar-refractivity contribution in [3.05, 3.63) is 52.9 Å². The highest BCUT2D eigenvalue weighted by Gasteiger charge is 2.28. The zero-order chi connectivity index (χ0) is 20.9. The lowest BCUT2D eigenvalue weighted by Gasteiger charge is -2.35. The second-order valence-corrected chi connectivity index (χ2v) is 9.26. The molecule has 0 spiro atoms. The first kappa shape index (κ1) is 21.3. The van der Waals surface area contributed by atoms with Crippen LogP contribution in [0.4, 0.5) is 0 Å². The number of hydrogen-bond donors (Lipinski definition) is 1. The van der Waals surface area contributed by atoms with Crippen LogP contribution in [0, 0.1) is 13.8 Å². The van der Waals surface area contributed by atoms with Crippen molar-refractivity contribution in [2.24, 2.45) is 4.99 Å². The summed E-state index contributed by atoms with van der Waals surface area (Å²) in [7, 11) is -1.64. The molecule has 0 atom stereocenters. The molecule has 0 radical (unpaired) electrons. The Morgan fingerprint density at radius 1 is 1.21 bits per heavy atom. The molecule has 0 saturated carbocycles. The number of aryl methyl sites for hydroxylation is 2. The van der Waals surface area contributed by atoms with Crippen LogP contribution in [0.1, 0.15) is 22.4 Å². The number of hydrogen-bond acceptors (Lipinski definition) is 5. The van der Waals surface area contributed by atoms with Crippen molar-refractivity contribution in [1.29, 1.82) is 0 Å². The van der Waals surface area contributed by atoms with Gasteiger partial charge in [-0.25, -0.2) is 8.42 Å². The molecular weight excluding hydrogens is 390 g/mol. The first-order valence-electron chi connectivity index (χ1n) is 9.78. The van der Waals surface area contributed by atoms with Gasteiger partial charge in [-0.15, -0.1) is 0 Å². The lowest BCUT2D eigenvalue weighted by molar-refractivity contribution is 0.260. The maximum atomic E-state index is 12.6. The summed E-state index contributed by atoms with van der Waals surface area (Å²) in [6.45, 7) is 7.07. The monoisotopic (exact) mass is 419 g/mol. The summed E-state index contributed by atoms with van der Waals surface area (Å²) in [5.74, 6) is 0.676. The number of guanidine groups is 1. The van der Waals surface area contributed by atoms with E-state index in [2.05, 4.69) is 52.4 Å². The minimum absolute atomic E-state index is 0.133. The molecule has 0 amide bonds. The molecule has 8 nitrogen and oxygen atoms in total. The number of aliphatic imine (C=N–C) groups is 1. The Bertz CT molecular complexity index is 933. The van der Waals surface area contributed by atoms with E-state index in [-0.39, 0.29) is 5.75 Å². The molecule has 9 heteroatoms. The van der Waals surface area contributed by atoms with Gasteiger partial charge >= 0.3 is 0 Å². The summed E-state index contributed by atoms with van der Waals surface area (Å²) in [6, 6.07) is 8.09. The van der Waals surface area contributed by atoms with E-state index in [0.717, 1.165) is 18.9 Å². The third-order valence-corrected chi connectivity index (χ3v) is 6.95. The zero-order valence-electron chi connectivity index (χ0n) is 17.3. The second kappa shape index (κ2) is 9.41. The molecule has 158 valence electrons. The maximum absolute atomic E-state index is 12.6. The Labute approximate surface area is 172 Å². The minimum Gasteiger partial charge on any atom is -0.364 e. The molecule has 2 aromatic rings. The van der Waals surface area contributed by atoms with Crippen LogP contribution in [0.3, 0.4) is 0 Å². The molecule has 1 aromatic heterocycles. The normalized spacial score (nSPS) is 16.2. The van der Waals surface area contributed by atoms with E-state index in [0.29, 0.717) is 31.9 Å². The maximum Gasteiger partial charge on any atom is 0.220 e. The van der Waals surface area contributed by atoms with E-state index < -0.39 is 10.0 Å². The Balaban J connectivity index is 1.49. The molecule has 3 rings (SSSR count). The van der Waals surface area contributed by atoms with Gasteiger partial charge < -0.3 is 14.7 Å². The van der Waals surface area contributed by atoms with Gasteiger partial charge in [0.05, 0.1) is 5.69 Å². The smallest absolute Gasteiger partial charge is 0.220 e. The molecule has 1 N–H and O–H groups in total. The van der Waals surface area contributed by atoms with Crippen molar-refractivity contribution in [2.45, 2.75) is 26.0 Å². The molecular formula is C20H29N5O3S. The average Bonchev–Trinajstić information content (AvgIpc) is 3.19. The van der Waals surface area contributed by atoms with Gasteiger partial charge in [0, 0.05) is 45.8 Å². The third-order valence-electron chi connectivity index (χ3n) is 5.14. The van der Waals surface area contributed by atoms with E-state index in [4.69, 9.17) is 4.52 Å². The second-order valence-electron chi connectivity index (χ2n) is 7.29. The summed E-state index contributed by atoms with van der Waals surface area (Å²) in [5.41, 5.74) is 4.32. The van der Waals surface area contributed by atoms with E-state index in [1.54, 1.807) is 13.1 Å². The lowest BCUT2D eigenvalue weighted by Crippen LogP contribution is -2.54. The summed E-state index contributed by atoms with van der Waals surface area (Å²) in [6.07, 6.45) is 2.30. The van der Waals surface area contributed by atoms with Crippen LogP contribution in [0.15, 0.2) is 40.0 Å². The third kappa shape index (κ3) is 5.57. The van der Waals surface area contributed by atoms with E-state index >= 15 is 0 Å². The van der Waals surface area contributed by atoms with Gasteiger partial charge in [-0.1, -0.05) is 28.9 Å². The number of nitrogens with one attached hydrogen (secondary N) is 1. The quantitative estimate of drug-likeness (QED) is 0.564. The van der Waals surface area contributed by atoms with Gasteiger partial charge in [0.25, 0.3) is 0 Å². The highest BCUT2D eigenvalue weighted by molar-refractivity contribution is 7.88. The Hall–Kier alpha value is -2.39. The van der Waals surface area contributed by atoms with Crippen LogP contribution in [-0.2, 0) is 22.2 Å². The fourth-order valence-electron chi connectivity index (χ4n) is 3.54. The molecule has 1 aromatic carbocycles. The molecule has 2 heterocycles. The number of aromatic nitrogens is 1. The van der Waals surface area contributed by atoms with E-state index in [1.165, 1.54) is 27.3 Å². The van der Waals surface area contributed by atoms with Gasteiger partial charge in [-0.3, -0.25) is 4.99 Å². The Kier molecular flexibility index (Phi) is 6.92. The summed E-state index contributed by atoms with van der Waals surface area (Å²) < 4.78 is 31.4. The predicted octanol–water partition coefficient (Wildman–Crippen LogP) is 1.56. The summed E-state index contributed by atoms with van der Waals surface area (Å²) in [4.78, 5) is 6.47. The van der Waals surface area contributed by atoms with Crippen molar-refractivity contribution in [2.75, 3.05) is 39.8 Å². The standard InChI is InChI=1S/C20H29N5O3S/c1-16-4-5-18(17(2)14-16)6-8-22-20(21-3)24-9-11-25(12-10-24)29(26,27)15-19-7-13-28-23-19/h4-5,7,13-14H,6,8-12,15H2,1-3H3,(H,21,22). The highest BCUT2D eigenvalue weighted by Crippen LogP contribution is 2.13. The molecule has 0 unspecified atom stereocenters. The van der Waals surface area contributed by atoms with E-state index in [9.17, 15) is 8.42 Å². The molecule has 29 heavy (non-hydrogen) atoms. The Morgan fingerprint density at radius 3 is 2.59 bits per heavy atom. The number of sulfonamides is 1. The largest absolute Gasteiger partial charge is 0.364 e. The van der Waals surface area contributed by atoms with Crippen LogP contribution in [0.5, 0.6) is 0 Å². The van der Waals surface area contributed by atoms with Gasteiger partial charge in [0.15, 0.2) is 5.96 Å². The fourth-order valence-corrected chi connectivity index (χ4v) is 4.96. The highest BCUT2D eigenvalue weighted by atomic mass is 32.2. The van der Waals surface area contributed by atoms with Gasteiger partial charge in [-0.05, 0) is 31.4 Å². The van der Waals surface area contributed by atoms with Crippen molar-refractivity contribution >= 4 is 16.0 Å². The van der Waals surface area contributed by atoms with Crippen molar-refractivity contribution in [1.82, 2.24) is 19.7 Å². The summed E-state index contributed by atoms with van der Waals surface area (Å²) >= 11 is 0. The van der Waals surface area contributed by atoms with Gasteiger partial charge in [0.2, 0.25) is 10.0 Å². The average molecular weight is 420 g/mol. The molecule has 1 saturated heterocycles. The zero-order valence-corrected chi connectivity index (χ0v) is 18.1. The van der Waals surface area contributed by atoms with E-state index in [1.807, 2.05) is 0 Å².